The molecule has 2 aliphatic rings. The summed E-state index contributed by atoms with van der Waals surface area (Å²) < 4.78 is 48.9. The Balaban J connectivity index is 0.000000208. The van der Waals surface area contributed by atoms with Gasteiger partial charge >= 0.3 is 0 Å². The summed E-state index contributed by atoms with van der Waals surface area (Å²) in [6.07, 6.45) is 6.31. The Kier molecular flexibility index (Phi) is 11.5. The minimum atomic E-state index is -3.64. The van der Waals surface area contributed by atoms with Gasteiger partial charge in [0.2, 0.25) is 0 Å². The van der Waals surface area contributed by atoms with Crippen molar-refractivity contribution in [3.05, 3.63) is 64.9 Å². The van der Waals surface area contributed by atoms with Crippen LogP contribution in [0.5, 0.6) is 0 Å². The highest BCUT2D eigenvalue weighted by Crippen LogP contribution is 2.32. The third-order valence-corrected chi connectivity index (χ3v) is 11.2. The van der Waals surface area contributed by atoms with Gasteiger partial charge in [-0.15, -0.1) is 0 Å². The highest BCUT2D eigenvalue weighted by atomic mass is 32.2. The van der Waals surface area contributed by atoms with Crippen molar-refractivity contribution in [1.82, 2.24) is 28.5 Å². The van der Waals surface area contributed by atoms with E-state index in [0.717, 1.165) is 59.1 Å². The first-order valence-corrected chi connectivity index (χ1v) is 18.5. The molecule has 0 spiro atoms. The highest BCUT2D eigenvalue weighted by molar-refractivity contribution is 7.87. The lowest BCUT2D eigenvalue weighted by atomic mass is 9.92. The Morgan fingerprint density at radius 1 is 0.617 bits per heavy atom. The van der Waals surface area contributed by atoms with Crippen molar-refractivity contribution >= 4 is 48.0 Å². The Morgan fingerprint density at radius 2 is 1.15 bits per heavy atom. The molecular formula is C32H47N9O4S2. The first-order valence-electron chi connectivity index (χ1n) is 15.5. The minimum Gasteiger partial charge on any atom is -0.355 e. The van der Waals surface area contributed by atoms with Crippen molar-refractivity contribution in [3.63, 3.8) is 0 Å². The summed E-state index contributed by atoms with van der Waals surface area (Å²) in [5.41, 5.74) is 7.69. The summed E-state index contributed by atoms with van der Waals surface area (Å²) in [7, 11) is -7.24. The van der Waals surface area contributed by atoms with E-state index in [4.69, 9.17) is 10.3 Å². The standard InChI is InChI=1S/C16H22N4O2S.C15H21N5O2S.CH4/c1-11-8-14-15(9-12(11)2)18-10-19-16(14)13-4-3-6-20(7-5-13)23(17,21)22;1-11-8-13-14(9-12(11)2)17-10-18-15(13)19-4-3-5-20(7-6-19)23(16,21)22;/h8-10,13H,3-7H2,1-2H3,(H2,17,21,22);8-10H,3-7H2,1-2H3,(H2,16,21,22);1H4. The van der Waals surface area contributed by atoms with Gasteiger partial charge in [-0.2, -0.15) is 25.4 Å². The van der Waals surface area contributed by atoms with E-state index in [9.17, 15) is 16.8 Å². The molecule has 13 nitrogen and oxygen atoms in total. The van der Waals surface area contributed by atoms with Crippen LogP contribution in [-0.2, 0) is 20.4 Å². The van der Waals surface area contributed by atoms with E-state index in [-0.39, 0.29) is 13.3 Å². The Morgan fingerprint density at radius 3 is 1.79 bits per heavy atom. The zero-order valence-electron chi connectivity index (χ0n) is 26.8. The van der Waals surface area contributed by atoms with Crippen LogP contribution in [0, 0.1) is 27.7 Å². The maximum atomic E-state index is 11.6. The molecule has 1 atom stereocenters. The van der Waals surface area contributed by atoms with E-state index in [1.807, 2.05) is 0 Å². The number of aryl methyl sites for hydroxylation is 4. The molecule has 0 bridgehead atoms. The number of benzene rings is 2. The average molecular weight is 686 g/mol. The predicted octanol–water partition coefficient (Wildman–Crippen LogP) is 3.62. The normalized spacial score (nSPS) is 18.6. The summed E-state index contributed by atoms with van der Waals surface area (Å²) in [4.78, 5) is 19.8. The lowest BCUT2D eigenvalue weighted by Crippen LogP contribution is -2.39. The highest BCUT2D eigenvalue weighted by Gasteiger charge is 2.26. The number of rotatable bonds is 4. The average Bonchev–Trinajstić information content (AvgIpc) is 3.40. The zero-order valence-corrected chi connectivity index (χ0v) is 28.5. The van der Waals surface area contributed by atoms with Crippen LogP contribution in [-0.4, -0.2) is 84.7 Å². The number of hydrogen-bond acceptors (Lipinski definition) is 9. The maximum absolute atomic E-state index is 11.6. The first-order chi connectivity index (χ1) is 21.7. The maximum Gasteiger partial charge on any atom is 0.276 e. The summed E-state index contributed by atoms with van der Waals surface area (Å²) in [6, 6.07) is 8.39. The number of anilines is 1. The molecule has 0 amide bonds. The molecule has 2 saturated heterocycles. The molecule has 4 heterocycles. The largest absolute Gasteiger partial charge is 0.355 e. The minimum absolute atomic E-state index is 0. The second-order valence-corrected chi connectivity index (χ2v) is 15.3. The van der Waals surface area contributed by atoms with Crippen molar-refractivity contribution in [3.8, 4) is 0 Å². The number of nitrogens with two attached hydrogens (primary N) is 2. The smallest absolute Gasteiger partial charge is 0.276 e. The number of nitrogens with zero attached hydrogens (tertiary/aromatic N) is 7. The molecule has 2 aromatic carbocycles. The van der Waals surface area contributed by atoms with Crippen molar-refractivity contribution in [2.75, 3.05) is 44.2 Å². The van der Waals surface area contributed by atoms with E-state index < -0.39 is 20.4 Å². The van der Waals surface area contributed by atoms with Crippen LogP contribution >= 0.6 is 0 Å². The molecule has 0 saturated carbocycles. The lowest BCUT2D eigenvalue weighted by Gasteiger charge is -2.23. The van der Waals surface area contributed by atoms with E-state index in [2.05, 4.69) is 76.8 Å². The molecule has 15 heteroatoms. The molecule has 47 heavy (non-hydrogen) atoms. The zero-order chi connectivity index (χ0) is 33.2. The number of hydrogen-bond donors (Lipinski definition) is 2. The molecule has 2 aliphatic heterocycles. The van der Waals surface area contributed by atoms with Gasteiger partial charge in [-0.25, -0.2) is 30.2 Å². The van der Waals surface area contributed by atoms with Gasteiger partial charge in [0.1, 0.15) is 18.5 Å². The fraction of sp³-hybridized carbons (Fsp3) is 0.500. The van der Waals surface area contributed by atoms with Crippen LogP contribution in [0.1, 0.15) is 67.0 Å². The summed E-state index contributed by atoms with van der Waals surface area (Å²) >= 11 is 0. The summed E-state index contributed by atoms with van der Waals surface area (Å²) in [5, 5.41) is 12.6. The Labute approximate surface area is 278 Å². The molecule has 256 valence electrons. The molecule has 0 radical (unpaired) electrons. The van der Waals surface area contributed by atoms with Gasteiger partial charge in [0.15, 0.2) is 0 Å². The second-order valence-electron chi connectivity index (χ2n) is 12.2. The molecule has 4 N–H and O–H groups in total. The van der Waals surface area contributed by atoms with Gasteiger partial charge in [0.05, 0.1) is 16.7 Å². The van der Waals surface area contributed by atoms with Crippen molar-refractivity contribution in [2.45, 2.75) is 66.7 Å². The molecule has 2 aromatic heterocycles. The van der Waals surface area contributed by atoms with Gasteiger partial charge in [-0.1, -0.05) is 7.43 Å². The van der Waals surface area contributed by atoms with Crippen molar-refractivity contribution < 1.29 is 16.8 Å². The quantitative estimate of drug-likeness (QED) is 0.324. The van der Waals surface area contributed by atoms with Gasteiger partial charge in [0, 0.05) is 56.0 Å². The van der Waals surface area contributed by atoms with Gasteiger partial charge in [0.25, 0.3) is 20.4 Å². The molecular weight excluding hydrogens is 639 g/mol. The summed E-state index contributed by atoms with van der Waals surface area (Å²) in [5.74, 6) is 1.09. The van der Waals surface area contributed by atoms with Crippen LogP contribution in [0.3, 0.4) is 0 Å². The van der Waals surface area contributed by atoms with Crippen LogP contribution in [0.15, 0.2) is 36.9 Å². The monoisotopic (exact) mass is 685 g/mol. The Hall–Kier alpha value is -3.34. The third kappa shape index (κ3) is 8.58. The molecule has 0 aliphatic carbocycles. The third-order valence-electron chi connectivity index (χ3n) is 9.06. The fourth-order valence-electron chi connectivity index (χ4n) is 6.17. The van der Waals surface area contributed by atoms with Crippen LogP contribution in [0.4, 0.5) is 5.82 Å². The SMILES string of the molecule is C.Cc1cc2ncnc(C3CCCN(S(N)(=O)=O)CC3)c2cc1C.Cc1cc2ncnc(N3CCCN(S(N)(=O)=O)CC3)c2cc1C. The van der Waals surface area contributed by atoms with Crippen molar-refractivity contribution in [1.29, 1.82) is 0 Å². The molecule has 1 unspecified atom stereocenters. The van der Waals surface area contributed by atoms with E-state index >= 15 is 0 Å². The number of aromatic nitrogens is 4. The van der Waals surface area contributed by atoms with Gasteiger partial charge in [-0.05, 0) is 99.9 Å². The van der Waals surface area contributed by atoms with Gasteiger partial charge in [-0.3, -0.25) is 0 Å². The molecule has 2 fully saturated rings. The summed E-state index contributed by atoms with van der Waals surface area (Å²) in [6.45, 7) is 11.3. The lowest BCUT2D eigenvalue weighted by molar-refractivity contribution is 0.422. The van der Waals surface area contributed by atoms with Crippen molar-refractivity contribution in [2.24, 2.45) is 10.3 Å². The predicted molar refractivity (Wildman–Crippen MR) is 188 cm³/mol. The van der Waals surface area contributed by atoms with Crippen LogP contribution < -0.4 is 15.2 Å². The van der Waals surface area contributed by atoms with E-state index in [1.54, 1.807) is 12.7 Å². The second kappa shape index (κ2) is 14.8. The molecule has 4 aromatic rings. The topological polar surface area (TPSA) is 182 Å². The van der Waals surface area contributed by atoms with Crippen LogP contribution in [0.25, 0.3) is 21.8 Å². The van der Waals surface area contributed by atoms with E-state index in [1.165, 1.54) is 30.9 Å². The van der Waals surface area contributed by atoms with Crippen LogP contribution in [0.2, 0.25) is 0 Å². The van der Waals surface area contributed by atoms with Gasteiger partial charge < -0.3 is 4.90 Å². The number of fused-ring (bicyclic) bond motifs is 2. The molecule has 6 rings (SSSR count). The van der Waals surface area contributed by atoms with E-state index in [0.29, 0.717) is 39.1 Å². The fourth-order valence-corrected chi connectivity index (χ4v) is 7.64. The Bertz CT molecular complexity index is 1810. The first kappa shape index (κ1) is 36.5.